The molecule has 1 aliphatic rings. The summed E-state index contributed by atoms with van der Waals surface area (Å²) in [6.45, 7) is 1.81. The molecule has 0 saturated heterocycles. The molecule has 0 atom stereocenters. The minimum absolute atomic E-state index is 0.144. The van der Waals surface area contributed by atoms with Crippen LogP contribution in [-0.4, -0.2) is 11.5 Å². The third-order valence-corrected chi connectivity index (χ3v) is 3.50. The molecule has 3 rings (SSSR count). The van der Waals surface area contributed by atoms with Crippen LogP contribution in [0.25, 0.3) is 0 Å². The zero-order valence-corrected chi connectivity index (χ0v) is 10.5. The van der Waals surface area contributed by atoms with E-state index in [0.717, 1.165) is 25.1 Å². The minimum Gasteiger partial charge on any atom is -0.367 e. The number of hydrogen-bond donors (Lipinski definition) is 0. The predicted molar refractivity (Wildman–Crippen MR) is 74.3 cm³/mol. The van der Waals surface area contributed by atoms with E-state index in [1.165, 1.54) is 11.3 Å². The lowest BCUT2D eigenvalue weighted by Crippen LogP contribution is -2.19. The average molecular weight is 254 g/mol. The quantitative estimate of drug-likeness (QED) is 0.624. The summed E-state index contributed by atoms with van der Waals surface area (Å²) >= 11 is 0. The van der Waals surface area contributed by atoms with Crippen molar-refractivity contribution in [3.63, 3.8) is 0 Å². The van der Waals surface area contributed by atoms with Gasteiger partial charge in [0.1, 0.15) is 0 Å². The number of rotatable bonds is 3. The minimum atomic E-state index is -0.366. The van der Waals surface area contributed by atoms with E-state index in [0.29, 0.717) is 0 Å². The number of hydrogen-bond acceptors (Lipinski definition) is 3. The van der Waals surface area contributed by atoms with Crippen LogP contribution in [0.3, 0.4) is 0 Å². The number of para-hydroxylation sites is 1. The molecule has 1 heterocycles. The van der Waals surface area contributed by atoms with Crippen LogP contribution in [0.1, 0.15) is 11.1 Å². The van der Waals surface area contributed by atoms with Crippen LogP contribution in [0.4, 0.5) is 11.4 Å². The fourth-order valence-corrected chi connectivity index (χ4v) is 2.51. The van der Waals surface area contributed by atoms with Gasteiger partial charge in [0, 0.05) is 30.9 Å². The van der Waals surface area contributed by atoms with E-state index in [-0.39, 0.29) is 10.6 Å². The molecule has 0 amide bonds. The van der Waals surface area contributed by atoms with E-state index in [1.807, 2.05) is 18.2 Å². The van der Waals surface area contributed by atoms with Crippen molar-refractivity contribution >= 4 is 11.4 Å². The molecule has 96 valence electrons. The van der Waals surface area contributed by atoms with Gasteiger partial charge in [-0.2, -0.15) is 0 Å². The highest BCUT2D eigenvalue weighted by Crippen LogP contribution is 2.29. The lowest BCUT2D eigenvalue weighted by atomic mass is 10.1. The van der Waals surface area contributed by atoms with Gasteiger partial charge < -0.3 is 4.90 Å². The van der Waals surface area contributed by atoms with Crippen LogP contribution in [0.2, 0.25) is 0 Å². The summed E-state index contributed by atoms with van der Waals surface area (Å²) in [5.41, 5.74) is 3.90. The third-order valence-electron chi connectivity index (χ3n) is 3.50. The fourth-order valence-electron chi connectivity index (χ4n) is 2.51. The van der Waals surface area contributed by atoms with Gasteiger partial charge in [0.15, 0.2) is 0 Å². The summed E-state index contributed by atoms with van der Waals surface area (Å²) in [5, 5.41) is 10.6. The van der Waals surface area contributed by atoms with E-state index >= 15 is 0 Å². The van der Waals surface area contributed by atoms with Crippen molar-refractivity contribution in [3.8, 4) is 0 Å². The molecule has 0 N–H and O–H groups in total. The van der Waals surface area contributed by atoms with E-state index < -0.39 is 0 Å². The normalized spacial score (nSPS) is 13.4. The maximum atomic E-state index is 10.6. The van der Waals surface area contributed by atoms with Crippen molar-refractivity contribution in [1.82, 2.24) is 0 Å². The molecule has 2 aromatic rings. The molecule has 4 nitrogen and oxygen atoms in total. The first-order chi connectivity index (χ1) is 9.24. The smallest absolute Gasteiger partial charge is 0.269 e. The Bertz CT molecular complexity index is 608. The zero-order chi connectivity index (χ0) is 13.2. The van der Waals surface area contributed by atoms with Crippen LogP contribution in [-0.2, 0) is 13.0 Å². The van der Waals surface area contributed by atoms with Gasteiger partial charge in [0.25, 0.3) is 5.69 Å². The van der Waals surface area contributed by atoms with Gasteiger partial charge >= 0.3 is 0 Å². The van der Waals surface area contributed by atoms with Gasteiger partial charge in [0.2, 0.25) is 0 Å². The monoisotopic (exact) mass is 254 g/mol. The van der Waals surface area contributed by atoms with E-state index in [9.17, 15) is 10.1 Å². The number of anilines is 1. The Morgan fingerprint density at radius 1 is 1.11 bits per heavy atom. The molecule has 0 spiro atoms. The maximum Gasteiger partial charge on any atom is 0.269 e. The highest BCUT2D eigenvalue weighted by atomic mass is 16.6. The summed E-state index contributed by atoms with van der Waals surface area (Å²) < 4.78 is 0. The second-order valence-electron chi connectivity index (χ2n) is 4.72. The molecule has 4 heteroatoms. The van der Waals surface area contributed by atoms with Crippen molar-refractivity contribution in [2.45, 2.75) is 13.0 Å². The first-order valence-corrected chi connectivity index (χ1v) is 6.30. The van der Waals surface area contributed by atoms with Gasteiger partial charge in [-0.05, 0) is 23.6 Å². The van der Waals surface area contributed by atoms with Gasteiger partial charge in [-0.1, -0.05) is 30.3 Å². The Morgan fingerprint density at radius 2 is 1.84 bits per heavy atom. The van der Waals surface area contributed by atoms with Crippen LogP contribution in [0.15, 0.2) is 48.5 Å². The number of nitrogens with zero attached hydrogens (tertiary/aromatic N) is 2. The molecule has 0 radical (unpaired) electrons. The van der Waals surface area contributed by atoms with Crippen LogP contribution < -0.4 is 4.90 Å². The Labute approximate surface area is 111 Å². The third kappa shape index (κ3) is 2.29. The Kier molecular flexibility index (Phi) is 2.91. The molecule has 0 unspecified atom stereocenters. The molecule has 0 saturated carbocycles. The average Bonchev–Trinajstić information content (AvgIpc) is 2.83. The van der Waals surface area contributed by atoms with Crippen molar-refractivity contribution in [2.75, 3.05) is 11.4 Å². The molecule has 0 fully saturated rings. The maximum absolute atomic E-state index is 10.6. The molecule has 0 aliphatic carbocycles. The number of nitro groups is 1. The highest BCUT2D eigenvalue weighted by Gasteiger charge is 2.18. The van der Waals surface area contributed by atoms with Crippen molar-refractivity contribution in [2.24, 2.45) is 0 Å². The summed E-state index contributed by atoms with van der Waals surface area (Å²) in [6, 6.07) is 15.2. The van der Waals surface area contributed by atoms with Gasteiger partial charge in [-0.25, -0.2) is 0 Å². The molecular formula is C15H14N2O2. The van der Waals surface area contributed by atoms with Gasteiger partial charge in [-0.3, -0.25) is 10.1 Å². The number of non-ortho nitro benzene ring substituents is 1. The first kappa shape index (κ1) is 11.7. The van der Waals surface area contributed by atoms with Crippen LogP contribution in [0, 0.1) is 10.1 Å². The predicted octanol–water partition coefficient (Wildman–Crippen LogP) is 3.16. The van der Waals surface area contributed by atoms with Crippen LogP contribution in [0.5, 0.6) is 0 Å². The lowest BCUT2D eigenvalue weighted by molar-refractivity contribution is -0.384. The van der Waals surface area contributed by atoms with Crippen molar-refractivity contribution in [1.29, 1.82) is 0 Å². The fraction of sp³-hybridized carbons (Fsp3) is 0.200. The standard InChI is InChI=1S/C15H14N2O2/c18-17(19)14-7-5-12(6-8-14)11-16-10-9-13-3-1-2-4-15(13)16/h1-8H,9-11H2. The Hall–Kier alpha value is -2.36. The number of benzene rings is 2. The van der Waals surface area contributed by atoms with Crippen molar-refractivity contribution in [3.05, 3.63) is 69.8 Å². The molecule has 0 aromatic heterocycles. The molecule has 1 aliphatic heterocycles. The lowest BCUT2D eigenvalue weighted by Gasteiger charge is -2.19. The van der Waals surface area contributed by atoms with Gasteiger partial charge in [0.05, 0.1) is 4.92 Å². The van der Waals surface area contributed by atoms with E-state index in [2.05, 4.69) is 23.1 Å². The van der Waals surface area contributed by atoms with E-state index in [1.54, 1.807) is 12.1 Å². The summed E-state index contributed by atoms with van der Waals surface area (Å²) in [5.74, 6) is 0. The summed E-state index contributed by atoms with van der Waals surface area (Å²) in [7, 11) is 0. The number of nitro benzene ring substituents is 1. The molecule has 0 bridgehead atoms. The van der Waals surface area contributed by atoms with Crippen LogP contribution >= 0.6 is 0 Å². The van der Waals surface area contributed by atoms with Crippen molar-refractivity contribution < 1.29 is 4.92 Å². The largest absolute Gasteiger partial charge is 0.367 e. The molecular weight excluding hydrogens is 240 g/mol. The molecule has 19 heavy (non-hydrogen) atoms. The summed E-state index contributed by atoms with van der Waals surface area (Å²) in [6.07, 6.45) is 1.07. The van der Waals surface area contributed by atoms with Gasteiger partial charge in [-0.15, -0.1) is 0 Å². The molecule has 2 aromatic carbocycles. The second kappa shape index (κ2) is 4.72. The highest BCUT2D eigenvalue weighted by molar-refractivity contribution is 5.58. The Morgan fingerprint density at radius 3 is 2.58 bits per heavy atom. The summed E-state index contributed by atoms with van der Waals surface area (Å²) in [4.78, 5) is 12.6. The zero-order valence-electron chi connectivity index (χ0n) is 10.5. The Balaban J connectivity index is 1.78. The van der Waals surface area contributed by atoms with E-state index in [4.69, 9.17) is 0 Å². The second-order valence-corrected chi connectivity index (χ2v) is 4.72. The number of fused-ring (bicyclic) bond motifs is 1. The first-order valence-electron chi connectivity index (χ1n) is 6.30. The topological polar surface area (TPSA) is 46.4 Å². The SMILES string of the molecule is O=[N+]([O-])c1ccc(CN2CCc3ccccc32)cc1.